The SMILES string of the molecule is Cc1c(NC(=O)NCCCn2cn[nH]c2=O)cccc1[N+](=O)[O-]. The van der Waals surface area contributed by atoms with Crippen molar-refractivity contribution in [3.05, 3.63) is 50.7 Å². The molecule has 0 aliphatic rings. The third-order valence-electron chi connectivity index (χ3n) is 3.23. The van der Waals surface area contributed by atoms with Gasteiger partial charge in [0.1, 0.15) is 6.33 Å². The molecule has 10 heteroatoms. The molecule has 0 aliphatic carbocycles. The Labute approximate surface area is 130 Å². The van der Waals surface area contributed by atoms with Crippen LogP contribution < -0.4 is 16.3 Å². The predicted molar refractivity (Wildman–Crippen MR) is 82.3 cm³/mol. The second kappa shape index (κ2) is 7.20. The zero-order valence-electron chi connectivity index (χ0n) is 12.4. The lowest BCUT2D eigenvalue weighted by Crippen LogP contribution is -2.30. The number of amides is 2. The number of aromatic nitrogens is 3. The molecule has 0 saturated carbocycles. The highest BCUT2D eigenvalue weighted by molar-refractivity contribution is 5.90. The van der Waals surface area contributed by atoms with Crippen LogP contribution in [0.25, 0.3) is 0 Å². The van der Waals surface area contributed by atoms with Crippen LogP contribution in [0.2, 0.25) is 0 Å². The van der Waals surface area contributed by atoms with Crippen LogP contribution in [-0.4, -0.2) is 32.3 Å². The third kappa shape index (κ3) is 4.15. The van der Waals surface area contributed by atoms with Gasteiger partial charge in [-0.1, -0.05) is 6.07 Å². The van der Waals surface area contributed by atoms with Crippen molar-refractivity contribution in [1.29, 1.82) is 0 Å². The standard InChI is InChI=1S/C13H16N6O4/c1-9-10(4-2-5-11(9)19(22)23)16-12(20)14-6-3-7-18-8-15-17-13(18)21/h2,4-5,8H,3,6-7H2,1H3,(H,17,21)(H2,14,16,20). The van der Waals surface area contributed by atoms with E-state index in [0.29, 0.717) is 30.8 Å². The van der Waals surface area contributed by atoms with E-state index in [1.807, 2.05) is 0 Å². The molecule has 1 aromatic carbocycles. The maximum Gasteiger partial charge on any atom is 0.343 e. The molecule has 0 fully saturated rings. The molecule has 2 rings (SSSR count). The topological polar surface area (TPSA) is 135 Å². The van der Waals surface area contributed by atoms with Crippen LogP contribution in [0.5, 0.6) is 0 Å². The molecule has 23 heavy (non-hydrogen) atoms. The third-order valence-corrected chi connectivity index (χ3v) is 3.23. The van der Waals surface area contributed by atoms with Crippen molar-refractivity contribution in [2.75, 3.05) is 11.9 Å². The van der Waals surface area contributed by atoms with Crippen molar-refractivity contribution < 1.29 is 9.72 Å². The van der Waals surface area contributed by atoms with Crippen molar-refractivity contribution in [1.82, 2.24) is 20.1 Å². The number of carbonyl (C=O) groups excluding carboxylic acids is 1. The second-order valence-electron chi connectivity index (χ2n) is 4.80. The highest BCUT2D eigenvalue weighted by atomic mass is 16.6. The van der Waals surface area contributed by atoms with Crippen molar-refractivity contribution in [2.24, 2.45) is 0 Å². The van der Waals surface area contributed by atoms with Gasteiger partial charge in [-0.3, -0.25) is 14.7 Å². The average molecular weight is 320 g/mol. The number of anilines is 1. The number of benzene rings is 1. The first kappa shape index (κ1) is 16.2. The molecule has 2 amide bonds. The number of aromatic amines is 1. The van der Waals surface area contributed by atoms with Crippen LogP contribution >= 0.6 is 0 Å². The minimum Gasteiger partial charge on any atom is -0.338 e. The van der Waals surface area contributed by atoms with Gasteiger partial charge < -0.3 is 10.6 Å². The molecular formula is C13H16N6O4. The largest absolute Gasteiger partial charge is 0.343 e. The number of nitro groups is 1. The molecule has 0 bridgehead atoms. The Morgan fingerprint density at radius 1 is 1.48 bits per heavy atom. The maximum absolute atomic E-state index is 11.8. The monoisotopic (exact) mass is 320 g/mol. The molecule has 0 spiro atoms. The first-order chi connectivity index (χ1) is 11.0. The Hall–Kier alpha value is -3.17. The van der Waals surface area contributed by atoms with E-state index in [1.165, 1.54) is 23.0 Å². The fourth-order valence-corrected chi connectivity index (χ4v) is 2.00. The molecule has 3 N–H and O–H groups in total. The predicted octanol–water partition coefficient (Wildman–Crippen LogP) is 1.000. The summed E-state index contributed by atoms with van der Waals surface area (Å²) < 4.78 is 1.39. The van der Waals surface area contributed by atoms with Gasteiger partial charge in [-0.2, -0.15) is 5.10 Å². The van der Waals surface area contributed by atoms with E-state index in [4.69, 9.17) is 0 Å². The zero-order valence-corrected chi connectivity index (χ0v) is 12.4. The molecule has 0 atom stereocenters. The van der Waals surface area contributed by atoms with Crippen LogP contribution in [-0.2, 0) is 6.54 Å². The molecule has 1 heterocycles. The van der Waals surface area contributed by atoms with Gasteiger partial charge in [0.25, 0.3) is 5.69 Å². The van der Waals surface area contributed by atoms with E-state index in [0.717, 1.165) is 0 Å². The summed E-state index contributed by atoms with van der Waals surface area (Å²) in [5.41, 5.74) is 0.407. The number of hydrogen-bond donors (Lipinski definition) is 3. The van der Waals surface area contributed by atoms with Crippen LogP contribution in [0.4, 0.5) is 16.2 Å². The van der Waals surface area contributed by atoms with E-state index in [2.05, 4.69) is 20.8 Å². The van der Waals surface area contributed by atoms with Crippen molar-refractivity contribution in [3.63, 3.8) is 0 Å². The number of H-pyrrole nitrogens is 1. The summed E-state index contributed by atoms with van der Waals surface area (Å²) in [7, 11) is 0. The Balaban J connectivity index is 1.83. The number of nitrogens with zero attached hydrogens (tertiary/aromatic N) is 3. The Morgan fingerprint density at radius 2 is 2.26 bits per heavy atom. The maximum atomic E-state index is 11.8. The number of nitro benzene ring substituents is 1. The summed E-state index contributed by atoms with van der Waals surface area (Å²) in [5.74, 6) is 0. The Bertz CT molecular complexity index is 766. The molecule has 1 aromatic heterocycles. The molecule has 0 unspecified atom stereocenters. The number of urea groups is 1. The van der Waals surface area contributed by atoms with Gasteiger partial charge in [-0.15, -0.1) is 0 Å². The van der Waals surface area contributed by atoms with Gasteiger partial charge in [-0.05, 0) is 19.4 Å². The highest BCUT2D eigenvalue weighted by Crippen LogP contribution is 2.24. The molecule has 10 nitrogen and oxygen atoms in total. The highest BCUT2D eigenvalue weighted by Gasteiger charge is 2.14. The Morgan fingerprint density at radius 3 is 2.91 bits per heavy atom. The van der Waals surface area contributed by atoms with Crippen LogP contribution in [0, 0.1) is 17.0 Å². The summed E-state index contributed by atoms with van der Waals surface area (Å²) in [6.45, 7) is 2.34. The van der Waals surface area contributed by atoms with E-state index in [9.17, 15) is 19.7 Å². The van der Waals surface area contributed by atoms with Gasteiger partial charge in [0, 0.05) is 19.2 Å². The minimum absolute atomic E-state index is 0.0536. The molecule has 0 saturated heterocycles. The number of aryl methyl sites for hydroxylation is 1. The van der Waals surface area contributed by atoms with Gasteiger partial charge in [-0.25, -0.2) is 14.7 Å². The van der Waals surface area contributed by atoms with Gasteiger partial charge >= 0.3 is 11.7 Å². The summed E-state index contributed by atoms with van der Waals surface area (Å²) in [6, 6.07) is 4.01. The summed E-state index contributed by atoms with van der Waals surface area (Å²) in [4.78, 5) is 33.4. The minimum atomic E-state index is -0.499. The lowest BCUT2D eigenvalue weighted by atomic mass is 10.1. The zero-order chi connectivity index (χ0) is 16.8. The normalized spacial score (nSPS) is 10.3. The molecule has 0 aliphatic heterocycles. The Kier molecular flexibility index (Phi) is 5.07. The number of rotatable bonds is 6. The average Bonchev–Trinajstić information content (AvgIpc) is 2.91. The van der Waals surface area contributed by atoms with Gasteiger partial charge in [0.15, 0.2) is 0 Å². The summed E-state index contributed by atoms with van der Waals surface area (Å²) >= 11 is 0. The van der Waals surface area contributed by atoms with E-state index in [-0.39, 0.29) is 11.4 Å². The number of nitrogens with one attached hydrogen (secondary N) is 3. The van der Waals surface area contributed by atoms with Crippen LogP contribution in [0.1, 0.15) is 12.0 Å². The van der Waals surface area contributed by atoms with Crippen molar-refractivity contribution in [2.45, 2.75) is 19.9 Å². The molecule has 2 aromatic rings. The van der Waals surface area contributed by atoms with Crippen LogP contribution in [0.15, 0.2) is 29.3 Å². The second-order valence-corrected chi connectivity index (χ2v) is 4.80. The van der Waals surface area contributed by atoms with E-state index >= 15 is 0 Å². The first-order valence-corrected chi connectivity index (χ1v) is 6.87. The van der Waals surface area contributed by atoms with E-state index < -0.39 is 11.0 Å². The van der Waals surface area contributed by atoms with Gasteiger partial charge in [0.05, 0.1) is 16.2 Å². The van der Waals surface area contributed by atoms with Gasteiger partial charge in [0.2, 0.25) is 0 Å². The van der Waals surface area contributed by atoms with Crippen molar-refractivity contribution >= 4 is 17.4 Å². The molecule has 0 radical (unpaired) electrons. The smallest absolute Gasteiger partial charge is 0.338 e. The van der Waals surface area contributed by atoms with Crippen molar-refractivity contribution in [3.8, 4) is 0 Å². The molecular weight excluding hydrogens is 304 g/mol. The molecule has 122 valence electrons. The lowest BCUT2D eigenvalue weighted by Gasteiger charge is -2.10. The number of carbonyl (C=O) groups is 1. The quantitative estimate of drug-likeness (QED) is 0.414. The summed E-state index contributed by atoms with van der Waals surface area (Å²) in [6.07, 6.45) is 1.93. The number of hydrogen-bond acceptors (Lipinski definition) is 5. The summed E-state index contributed by atoms with van der Waals surface area (Å²) in [5, 5.41) is 21.9. The fraction of sp³-hybridized carbons (Fsp3) is 0.308. The lowest BCUT2D eigenvalue weighted by molar-refractivity contribution is -0.385. The van der Waals surface area contributed by atoms with Crippen LogP contribution in [0.3, 0.4) is 0 Å². The van der Waals surface area contributed by atoms with E-state index in [1.54, 1.807) is 13.0 Å². The fourth-order valence-electron chi connectivity index (χ4n) is 2.00. The first-order valence-electron chi connectivity index (χ1n) is 6.87.